The van der Waals surface area contributed by atoms with Gasteiger partial charge in [-0.05, 0) is 12.5 Å². The van der Waals surface area contributed by atoms with Crippen LogP contribution in [0.1, 0.15) is 39.0 Å². The van der Waals surface area contributed by atoms with Crippen molar-refractivity contribution in [2.45, 2.75) is 39.0 Å². The van der Waals surface area contributed by atoms with Crippen LogP contribution in [-0.2, 0) is 0 Å². The monoisotopic (exact) mass is 298 g/mol. The summed E-state index contributed by atoms with van der Waals surface area (Å²) in [7, 11) is 0. The molecule has 1 rings (SSSR count). The van der Waals surface area contributed by atoms with Crippen molar-refractivity contribution in [3.63, 3.8) is 0 Å². The second kappa shape index (κ2) is 10.3. The average Bonchev–Trinajstić information content (AvgIpc) is 2.33. The minimum atomic E-state index is -4.99. The Balaban J connectivity index is 0.00000324. The summed E-state index contributed by atoms with van der Waals surface area (Å²) < 4.78 is 43.4. The van der Waals surface area contributed by atoms with Crippen molar-refractivity contribution in [3.8, 4) is 5.75 Å². The molecular weight excluding hydrogens is 279 g/mol. The zero-order valence-electron chi connectivity index (χ0n) is 11.7. The second-order valence-corrected chi connectivity index (χ2v) is 4.38. The van der Waals surface area contributed by atoms with E-state index in [1.54, 1.807) is 6.07 Å². The number of ether oxygens (including phenoxy) is 1. The normalized spacial score (nSPS) is 10.9. The molecular formula is C13H19BF3KO. The van der Waals surface area contributed by atoms with Gasteiger partial charge in [0, 0.05) is 0 Å². The first-order valence-electron chi connectivity index (χ1n) is 6.47. The molecule has 19 heavy (non-hydrogen) atoms. The van der Waals surface area contributed by atoms with Crippen molar-refractivity contribution in [1.82, 2.24) is 0 Å². The Morgan fingerprint density at radius 1 is 1.00 bits per heavy atom. The van der Waals surface area contributed by atoms with E-state index in [2.05, 4.69) is 6.92 Å². The van der Waals surface area contributed by atoms with Crippen molar-refractivity contribution < 1.29 is 69.1 Å². The van der Waals surface area contributed by atoms with Crippen LogP contribution in [0.5, 0.6) is 5.75 Å². The number of hydrogen-bond donors (Lipinski definition) is 0. The minimum Gasteiger partial charge on any atom is -0.497 e. The number of rotatable bonds is 8. The maximum Gasteiger partial charge on any atom is 1.00 e. The molecule has 0 atom stereocenters. The maximum absolute atomic E-state index is 12.7. The van der Waals surface area contributed by atoms with Crippen molar-refractivity contribution in [1.29, 1.82) is 0 Å². The molecule has 0 bridgehead atoms. The molecule has 1 nitrogen and oxygen atoms in total. The van der Waals surface area contributed by atoms with Crippen molar-refractivity contribution in [2.75, 3.05) is 6.61 Å². The minimum absolute atomic E-state index is 0. The van der Waals surface area contributed by atoms with E-state index >= 15 is 0 Å². The molecule has 0 heterocycles. The molecule has 0 saturated carbocycles. The van der Waals surface area contributed by atoms with Gasteiger partial charge in [-0.3, -0.25) is 0 Å². The zero-order valence-corrected chi connectivity index (χ0v) is 14.8. The summed E-state index contributed by atoms with van der Waals surface area (Å²) in [5, 5.41) is 0. The van der Waals surface area contributed by atoms with Gasteiger partial charge < -0.3 is 17.7 Å². The fraction of sp³-hybridized carbons (Fsp3) is 0.538. The van der Waals surface area contributed by atoms with Crippen LogP contribution in [0.2, 0.25) is 0 Å². The molecule has 0 fully saturated rings. The van der Waals surface area contributed by atoms with E-state index in [0.29, 0.717) is 6.61 Å². The topological polar surface area (TPSA) is 9.23 Å². The van der Waals surface area contributed by atoms with Crippen LogP contribution in [0.15, 0.2) is 24.3 Å². The van der Waals surface area contributed by atoms with Gasteiger partial charge in [0.2, 0.25) is 0 Å². The van der Waals surface area contributed by atoms with E-state index in [1.807, 2.05) is 0 Å². The van der Waals surface area contributed by atoms with Crippen molar-refractivity contribution in [2.24, 2.45) is 0 Å². The van der Waals surface area contributed by atoms with Gasteiger partial charge in [-0.15, -0.1) is 0 Å². The first-order valence-corrected chi connectivity index (χ1v) is 6.47. The standard InChI is InChI=1S/C13H19BF3O.K/c1-2-3-4-5-8-11-18-13-10-7-6-9-12(13)14(15,16)17;/h6-7,9-10H,2-5,8,11H2,1H3;/q-1;+1. The van der Waals surface area contributed by atoms with Crippen LogP contribution in [0.25, 0.3) is 0 Å². The third-order valence-corrected chi connectivity index (χ3v) is 2.78. The molecule has 0 amide bonds. The number of halogens is 3. The Morgan fingerprint density at radius 2 is 1.63 bits per heavy atom. The largest absolute Gasteiger partial charge is 1.00 e. The van der Waals surface area contributed by atoms with E-state index in [-0.39, 0.29) is 57.1 Å². The summed E-state index contributed by atoms with van der Waals surface area (Å²) in [5.41, 5.74) is -0.633. The maximum atomic E-state index is 12.7. The smallest absolute Gasteiger partial charge is 0.497 e. The zero-order chi connectivity index (χ0) is 13.4. The van der Waals surface area contributed by atoms with E-state index in [0.717, 1.165) is 31.7 Å². The van der Waals surface area contributed by atoms with Crippen LogP contribution in [-0.4, -0.2) is 13.6 Å². The SMILES string of the molecule is CCCCCCCOc1ccccc1[B-](F)(F)F.[K+]. The van der Waals surface area contributed by atoms with Crippen LogP contribution in [0.3, 0.4) is 0 Å². The third kappa shape index (κ3) is 7.75. The van der Waals surface area contributed by atoms with Gasteiger partial charge in [-0.1, -0.05) is 56.3 Å². The first kappa shape index (κ1) is 19.5. The molecule has 0 aliphatic carbocycles. The Labute approximate surface area is 155 Å². The fourth-order valence-corrected chi connectivity index (χ4v) is 1.77. The summed E-state index contributed by atoms with van der Waals surface area (Å²) in [6.07, 6.45) is 5.25. The van der Waals surface area contributed by atoms with Gasteiger partial charge in [0.05, 0.1) is 12.4 Å². The first-order chi connectivity index (χ1) is 8.55. The number of benzene rings is 1. The van der Waals surface area contributed by atoms with Crippen molar-refractivity contribution in [3.05, 3.63) is 24.3 Å². The van der Waals surface area contributed by atoms with Crippen LogP contribution in [0, 0.1) is 0 Å². The van der Waals surface area contributed by atoms with Gasteiger partial charge in [-0.2, -0.15) is 0 Å². The molecule has 0 aliphatic heterocycles. The van der Waals surface area contributed by atoms with Gasteiger partial charge in [0.1, 0.15) is 0 Å². The molecule has 0 N–H and O–H groups in total. The predicted molar refractivity (Wildman–Crippen MR) is 69.4 cm³/mol. The van der Waals surface area contributed by atoms with Gasteiger partial charge in [0.15, 0.2) is 0 Å². The summed E-state index contributed by atoms with van der Waals surface area (Å²) in [4.78, 5) is 0. The van der Waals surface area contributed by atoms with E-state index in [9.17, 15) is 12.9 Å². The summed E-state index contributed by atoms with van der Waals surface area (Å²) >= 11 is 0. The van der Waals surface area contributed by atoms with E-state index in [4.69, 9.17) is 4.74 Å². The Kier molecular flexibility index (Phi) is 10.5. The molecule has 0 spiro atoms. The molecule has 0 saturated heterocycles. The number of unbranched alkanes of at least 4 members (excludes halogenated alkanes) is 4. The summed E-state index contributed by atoms with van der Waals surface area (Å²) in [5.74, 6) is -0.0412. The molecule has 102 valence electrons. The molecule has 1 aromatic rings. The molecule has 0 radical (unpaired) electrons. The third-order valence-electron chi connectivity index (χ3n) is 2.78. The quantitative estimate of drug-likeness (QED) is 0.516. The van der Waals surface area contributed by atoms with E-state index in [1.165, 1.54) is 18.6 Å². The van der Waals surface area contributed by atoms with Gasteiger partial charge in [0.25, 0.3) is 0 Å². The molecule has 1 aromatic carbocycles. The van der Waals surface area contributed by atoms with Crippen LogP contribution in [0.4, 0.5) is 12.9 Å². The second-order valence-electron chi connectivity index (χ2n) is 4.38. The molecule has 0 aliphatic rings. The Morgan fingerprint density at radius 3 is 2.26 bits per heavy atom. The fourth-order valence-electron chi connectivity index (χ4n) is 1.77. The molecule has 6 heteroatoms. The molecule has 0 unspecified atom stereocenters. The Bertz CT molecular complexity index is 358. The summed E-state index contributed by atoms with van der Waals surface area (Å²) in [6.45, 7) is -2.52. The number of para-hydroxylation sites is 1. The van der Waals surface area contributed by atoms with Gasteiger partial charge >= 0.3 is 58.4 Å². The van der Waals surface area contributed by atoms with Crippen molar-refractivity contribution >= 4 is 12.4 Å². The van der Waals surface area contributed by atoms with Crippen LogP contribution < -0.4 is 61.6 Å². The Hall–Kier alpha value is 0.511. The van der Waals surface area contributed by atoms with E-state index < -0.39 is 12.4 Å². The average molecular weight is 298 g/mol. The molecule has 0 aromatic heterocycles. The number of hydrogen-bond acceptors (Lipinski definition) is 1. The van der Waals surface area contributed by atoms with Gasteiger partial charge in [-0.25, -0.2) is 0 Å². The van der Waals surface area contributed by atoms with Crippen LogP contribution >= 0.6 is 0 Å². The summed E-state index contributed by atoms with van der Waals surface area (Å²) in [6, 6.07) is 5.42. The predicted octanol–water partition coefficient (Wildman–Crippen LogP) is 1.09.